The Balaban J connectivity index is 1.80. The van der Waals surface area contributed by atoms with Gasteiger partial charge in [-0.2, -0.15) is 0 Å². The molecule has 2 aromatic carbocycles. The third kappa shape index (κ3) is 4.68. The van der Waals surface area contributed by atoms with E-state index in [9.17, 15) is 13.2 Å². The number of methoxy groups -OCH3 is 1. The molecule has 9 heteroatoms. The van der Waals surface area contributed by atoms with Crippen molar-refractivity contribution in [2.24, 2.45) is 0 Å². The molecule has 0 aliphatic rings. The smallest absolute Gasteiger partial charge is 0.261 e. The zero-order valence-electron chi connectivity index (χ0n) is 14.7. The molecule has 0 saturated carbocycles. The van der Waals surface area contributed by atoms with Crippen LogP contribution in [0.15, 0.2) is 76.4 Å². The van der Waals surface area contributed by atoms with Crippen molar-refractivity contribution in [2.75, 3.05) is 17.1 Å². The quantitative estimate of drug-likeness (QED) is 0.579. The fourth-order valence-electron chi connectivity index (χ4n) is 2.39. The number of para-hydroxylation sites is 2. The number of nitrogens with zero attached hydrogens (tertiary/aromatic N) is 1. The van der Waals surface area contributed by atoms with E-state index in [-0.39, 0.29) is 16.1 Å². The summed E-state index contributed by atoms with van der Waals surface area (Å²) in [6, 6.07) is 14.6. The van der Waals surface area contributed by atoms with Crippen molar-refractivity contribution >= 4 is 43.2 Å². The molecule has 1 aromatic heterocycles. The van der Waals surface area contributed by atoms with Crippen LogP contribution < -0.4 is 14.8 Å². The third-order valence-electron chi connectivity index (χ3n) is 3.73. The number of hydrogen-bond acceptors (Lipinski definition) is 5. The van der Waals surface area contributed by atoms with Crippen LogP contribution in [-0.2, 0) is 10.0 Å². The van der Waals surface area contributed by atoms with E-state index in [2.05, 4.69) is 31.0 Å². The van der Waals surface area contributed by atoms with Crippen molar-refractivity contribution in [3.63, 3.8) is 0 Å². The SMILES string of the molecule is COc1ccccc1NC(=O)c1cncc(NS(=O)(=O)c2ccc(Br)cc2)c1. The molecule has 0 spiro atoms. The van der Waals surface area contributed by atoms with Crippen molar-refractivity contribution in [2.45, 2.75) is 4.90 Å². The highest BCUT2D eigenvalue weighted by molar-refractivity contribution is 9.10. The number of halogens is 1. The van der Waals surface area contributed by atoms with Crippen molar-refractivity contribution < 1.29 is 17.9 Å². The number of aromatic nitrogens is 1. The lowest BCUT2D eigenvalue weighted by atomic mass is 10.2. The minimum absolute atomic E-state index is 0.0968. The van der Waals surface area contributed by atoms with Gasteiger partial charge in [-0.3, -0.25) is 14.5 Å². The minimum atomic E-state index is -3.80. The molecule has 3 aromatic rings. The number of rotatable bonds is 6. The lowest BCUT2D eigenvalue weighted by molar-refractivity contribution is 0.102. The number of amides is 1. The summed E-state index contributed by atoms with van der Waals surface area (Å²) in [6.45, 7) is 0. The lowest BCUT2D eigenvalue weighted by Gasteiger charge is -2.11. The highest BCUT2D eigenvalue weighted by atomic mass is 79.9. The van der Waals surface area contributed by atoms with Gasteiger partial charge in [0.1, 0.15) is 5.75 Å². The fraction of sp³-hybridized carbons (Fsp3) is 0.0526. The largest absolute Gasteiger partial charge is 0.495 e. The summed E-state index contributed by atoms with van der Waals surface area (Å²) in [5.74, 6) is 0.0672. The first-order chi connectivity index (χ1) is 13.4. The standard InChI is InChI=1S/C19H16BrN3O4S/c1-27-18-5-3-2-4-17(18)22-19(24)13-10-15(12-21-11-13)23-28(25,26)16-8-6-14(20)7-9-16/h2-12,23H,1H3,(H,22,24). The average Bonchev–Trinajstić information content (AvgIpc) is 2.68. The number of carbonyl (C=O) groups is 1. The summed E-state index contributed by atoms with van der Waals surface area (Å²) in [5, 5.41) is 2.72. The van der Waals surface area contributed by atoms with Crippen molar-refractivity contribution in [3.05, 3.63) is 77.0 Å². The average molecular weight is 462 g/mol. The first-order valence-electron chi connectivity index (χ1n) is 8.07. The summed E-state index contributed by atoms with van der Waals surface area (Å²) < 4.78 is 33.4. The normalized spacial score (nSPS) is 10.9. The highest BCUT2D eigenvalue weighted by Gasteiger charge is 2.16. The summed E-state index contributed by atoms with van der Waals surface area (Å²) in [4.78, 5) is 16.6. The topological polar surface area (TPSA) is 97.4 Å². The molecule has 28 heavy (non-hydrogen) atoms. The van der Waals surface area contributed by atoms with Gasteiger partial charge in [0, 0.05) is 10.7 Å². The monoisotopic (exact) mass is 461 g/mol. The van der Waals surface area contributed by atoms with Gasteiger partial charge < -0.3 is 10.1 Å². The molecular weight excluding hydrogens is 446 g/mol. The maximum absolute atomic E-state index is 12.5. The van der Waals surface area contributed by atoms with E-state index in [1.54, 1.807) is 36.4 Å². The molecule has 7 nitrogen and oxygen atoms in total. The van der Waals surface area contributed by atoms with Gasteiger partial charge in [0.25, 0.3) is 15.9 Å². The van der Waals surface area contributed by atoms with Crippen LogP contribution in [0.25, 0.3) is 0 Å². The highest BCUT2D eigenvalue weighted by Crippen LogP contribution is 2.24. The van der Waals surface area contributed by atoms with Gasteiger partial charge in [-0.05, 0) is 42.5 Å². The van der Waals surface area contributed by atoms with Crippen molar-refractivity contribution in [1.29, 1.82) is 0 Å². The Hall–Kier alpha value is -2.91. The van der Waals surface area contributed by atoms with E-state index in [1.807, 2.05) is 0 Å². The van der Waals surface area contributed by atoms with Gasteiger partial charge in [-0.15, -0.1) is 0 Å². The molecule has 0 unspecified atom stereocenters. The molecule has 0 radical (unpaired) electrons. The molecule has 0 aliphatic carbocycles. The number of hydrogen-bond donors (Lipinski definition) is 2. The molecule has 0 saturated heterocycles. The molecular formula is C19H16BrN3O4S. The second-order valence-corrected chi connectivity index (χ2v) is 8.27. The van der Waals surface area contributed by atoms with Crippen molar-refractivity contribution in [3.8, 4) is 5.75 Å². The summed E-state index contributed by atoms with van der Waals surface area (Å²) in [5.41, 5.74) is 0.869. The molecule has 3 rings (SSSR count). The maximum atomic E-state index is 12.5. The Kier molecular flexibility index (Phi) is 5.96. The Morgan fingerprint density at radius 3 is 2.50 bits per heavy atom. The number of ether oxygens (including phenoxy) is 1. The Bertz CT molecular complexity index is 1100. The Morgan fingerprint density at radius 2 is 1.79 bits per heavy atom. The molecule has 0 atom stereocenters. The van der Waals surface area contributed by atoms with Gasteiger partial charge >= 0.3 is 0 Å². The number of carbonyl (C=O) groups excluding carboxylic acids is 1. The number of sulfonamides is 1. The first kappa shape index (κ1) is 19.8. The van der Waals surface area contributed by atoms with E-state index in [1.165, 1.54) is 37.7 Å². The Morgan fingerprint density at radius 1 is 1.07 bits per heavy atom. The van der Waals surface area contributed by atoms with Crippen LogP contribution in [-0.4, -0.2) is 26.4 Å². The van der Waals surface area contributed by atoms with E-state index < -0.39 is 15.9 Å². The van der Waals surface area contributed by atoms with Crippen LogP contribution in [0.1, 0.15) is 10.4 Å². The first-order valence-corrected chi connectivity index (χ1v) is 10.3. The lowest BCUT2D eigenvalue weighted by Crippen LogP contribution is -2.16. The zero-order chi connectivity index (χ0) is 20.1. The molecule has 1 heterocycles. The second-order valence-electron chi connectivity index (χ2n) is 5.68. The van der Waals surface area contributed by atoms with Crippen LogP contribution in [0.2, 0.25) is 0 Å². The molecule has 1 amide bonds. The summed E-state index contributed by atoms with van der Waals surface area (Å²) >= 11 is 3.26. The van der Waals surface area contributed by atoms with Gasteiger partial charge in [0.15, 0.2) is 0 Å². The number of benzene rings is 2. The number of pyridine rings is 1. The van der Waals surface area contributed by atoms with Gasteiger partial charge in [0.2, 0.25) is 0 Å². The fourth-order valence-corrected chi connectivity index (χ4v) is 3.69. The molecule has 0 fully saturated rings. The van der Waals surface area contributed by atoms with Crippen LogP contribution in [0.3, 0.4) is 0 Å². The summed E-state index contributed by atoms with van der Waals surface area (Å²) in [7, 11) is -2.30. The van der Waals surface area contributed by atoms with E-state index in [4.69, 9.17) is 4.74 Å². The van der Waals surface area contributed by atoms with Crippen LogP contribution >= 0.6 is 15.9 Å². The minimum Gasteiger partial charge on any atom is -0.495 e. The molecule has 2 N–H and O–H groups in total. The van der Waals surface area contributed by atoms with E-state index in [0.29, 0.717) is 11.4 Å². The van der Waals surface area contributed by atoms with E-state index in [0.717, 1.165) is 4.47 Å². The molecule has 0 aliphatic heterocycles. The molecule has 0 bridgehead atoms. The van der Waals surface area contributed by atoms with E-state index >= 15 is 0 Å². The van der Waals surface area contributed by atoms with Gasteiger partial charge in [0.05, 0.1) is 35.1 Å². The van der Waals surface area contributed by atoms with Crippen LogP contribution in [0, 0.1) is 0 Å². The van der Waals surface area contributed by atoms with Crippen molar-refractivity contribution in [1.82, 2.24) is 4.98 Å². The van der Waals surface area contributed by atoms with Crippen LogP contribution in [0.4, 0.5) is 11.4 Å². The summed E-state index contributed by atoms with van der Waals surface area (Å²) in [6.07, 6.45) is 2.68. The zero-order valence-corrected chi connectivity index (χ0v) is 17.1. The number of anilines is 2. The third-order valence-corrected chi connectivity index (χ3v) is 5.66. The van der Waals surface area contributed by atoms with Gasteiger partial charge in [-0.1, -0.05) is 28.1 Å². The number of nitrogens with one attached hydrogen (secondary N) is 2. The second kappa shape index (κ2) is 8.41. The predicted molar refractivity (Wildman–Crippen MR) is 110 cm³/mol. The van der Waals surface area contributed by atoms with Crippen LogP contribution in [0.5, 0.6) is 5.75 Å². The Labute approximate surface area is 170 Å². The molecule has 144 valence electrons. The predicted octanol–water partition coefficient (Wildman–Crippen LogP) is 3.91. The van der Waals surface area contributed by atoms with Gasteiger partial charge in [-0.25, -0.2) is 8.42 Å². The maximum Gasteiger partial charge on any atom is 0.261 e.